The molecule has 0 aromatic rings. The van der Waals surface area contributed by atoms with Gasteiger partial charge in [-0.1, -0.05) is 29.5 Å². The van der Waals surface area contributed by atoms with Crippen LogP contribution in [-0.2, 0) is 0 Å². The number of alkyl halides is 1. The third-order valence-electron chi connectivity index (χ3n) is 0.943. The van der Waals surface area contributed by atoms with E-state index in [9.17, 15) is 0 Å². The number of hydrogen-bond donors (Lipinski definition) is 0. The first-order valence-electron chi connectivity index (χ1n) is 2.85. The molecule has 0 amide bonds. The summed E-state index contributed by atoms with van der Waals surface area (Å²) in [7, 11) is 0. The molecule has 46 valence electrons. The molecule has 0 spiro atoms. The molecule has 0 heterocycles. The fourth-order valence-electron chi connectivity index (χ4n) is 0.357. The minimum Gasteiger partial charge on any atom is -0.107 e. The molecule has 0 aromatic heterocycles. The van der Waals surface area contributed by atoms with Gasteiger partial charge in [-0.15, -0.1) is 11.8 Å². The summed E-state index contributed by atoms with van der Waals surface area (Å²) in [6.45, 7) is 4.08. The van der Waals surface area contributed by atoms with E-state index in [1.54, 1.807) is 0 Å². The Hall–Kier alpha value is 0.290. The highest BCUT2D eigenvalue weighted by molar-refractivity contribution is 14.1. The van der Waals surface area contributed by atoms with Gasteiger partial charge in [-0.05, 0) is 13.3 Å². The largest absolute Gasteiger partial charge is 0.107 e. The molecular formula is C7H11I. The van der Waals surface area contributed by atoms with Gasteiger partial charge in [0, 0.05) is 10.3 Å². The molecule has 1 atom stereocenters. The van der Waals surface area contributed by atoms with Crippen molar-refractivity contribution in [1.29, 1.82) is 0 Å². The highest BCUT2D eigenvalue weighted by atomic mass is 127. The highest BCUT2D eigenvalue weighted by Gasteiger charge is 1.93. The fourth-order valence-corrected chi connectivity index (χ4v) is 0.577. The van der Waals surface area contributed by atoms with E-state index in [0.29, 0.717) is 0 Å². The van der Waals surface area contributed by atoms with Crippen LogP contribution in [0.2, 0.25) is 0 Å². The van der Waals surface area contributed by atoms with Gasteiger partial charge in [0.05, 0.1) is 0 Å². The van der Waals surface area contributed by atoms with Crippen LogP contribution in [0.25, 0.3) is 0 Å². The Morgan fingerprint density at radius 1 is 1.62 bits per heavy atom. The monoisotopic (exact) mass is 222 g/mol. The Kier molecular flexibility index (Phi) is 5.62. The molecule has 8 heavy (non-hydrogen) atoms. The molecule has 0 nitrogen and oxygen atoms in total. The van der Waals surface area contributed by atoms with Gasteiger partial charge < -0.3 is 0 Å². The van der Waals surface area contributed by atoms with Gasteiger partial charge in [0.25, 0.3) is 0 Å². The molecule has 1 unspecified atom stereocenters. The molecule has 0 aliphatic heterocycles. The zero-order valence-corrected chi connectivity index (χ0v) is 7.53. The molecule has 0 fully saturated rings. The van der Waals surface area contributed by atoms with E-state index in [2.05, 4.69) is 41.4 Å². The summed E-state index contributed by atoms with van der Waals surface area (Å²) >= 11 is 2.43. The number of hydrogen-bond acceptors (Lipinski definition) is 0. The summed E-state index contributed by atoms with van der Waals surface area (Å²) in [5.41, 5.74) is 0. The first-order chi connectivity index (χ1) is 3.81. The van der Waals surface area contributed by atoms with Gasteiger partial charge in [0.15, 0.2) is 0 Å². The third-order valence-corrected chi connectivity index (χ3v) is 2.26. The van der Waals surface area contributed by atoms with Crippen molar-refractivity contribution in [1.82, 2.24) is 0 Å². The first kappa shape index (κ1) is 8.29. The summed E-state index contributed by atoms with van der Waals surface area (Å²) in [6.07, 6.45) is 2.28. The van der Waals surface area contributed by atoms with Crippen LogP contribution < -0.4 is 0 Å². The van der Waals surface area contributed by atoms with Crippen LogP contribution in [0.5, 0.6) is 0 Å². The van der Waals surface area contributed by atoms with E-state index >= 15 is 0 Å². The average molecular weight is 222 g/mol. The fraction of sp³-hybridized carbons (Fsp3) is 0.714. The molecule has 0 bridgehead atoms. The molecule has 0 N–H and O–H groups in total. The smallest absolute Gasteiger partial charge is 0.0216 e. The zero-order valence-electron chi connectivity index (χ0n) is 5.37. The van der Waals surface area contributed by atoms with Crippen molar-refractivity contribution in [3.8, 4) is 11.8 Å². The lowest BCUT2D eigenvalue weighted by Crippen LogP contribution is -1.90. The van der Waals surface area contributed by atoms with Gasteiger partial charge in [-0.25, -0.2) is 0 Å². The van der Waals surface area contributed by atoms with E-state index < -0.39 is 0 Å². The van der Waals surface area contributed by atoms with E-state index in [-0.39, 0.29) is 0 Å². The van der Waals surface area contributed by atoms with Crippen LogP contribution in [0, 0.1) is 11.8 Å². The minimum absolute atomic E-state index is 0.750. The second-order valence-corrected chi connectivity index (χ2v) is 3.40. The van der Waals surface area contributed by atoms with Crippen LogP contribution in [0.1, 0.15) is 26.7 Å². The molecule has 0 aliphatic carbocycles. The Balaban J connectivity index is 3.19. The van der Waals surface area contributed by atoms with Crippen molar-refractivity contribution in [3.63, 3.8) is 0 Å². The van der Waals surface area contributed by atoms with E-state index in [1.165, 1.54) is 6.42 Å². The SMILES string of the molecule is CC#CCC(I)CC. The van der Waals surface area contributed by atoms with Gasteiger partial charge in [-0.2, -0.15) is 0 Å². The van der Waals surface area contributed by atoms with Crippen molar-refractivity contribution in [2.45, 2.75) is 30.6 Å². The number of halogens is 1. The summed E-state index contributed by atoms with van der Waals surface area (Å²) < 4.78 is 0.750. The van der Waals surface area contributed by atoms with Gasteiger partial charge in [0.1, 0.15) is 0 Å². The second-order valence-electron chi connectivity index (χ2n) is 1.64. The number of rotatable bonds is 2. The lowest BCUT2D eigenvalue weighted by Gasteiger charge is -1.96. The molecule has 1 heteroatoms. The molecule has 0 aliphatic rings. The molecule has 0 rings (SSSR count). The van der Waals surface area contributed by atoms with Gasteiger partial charge in [-0.3, -0.25) is 0 Å². The van der Waals surface area contributed by atoms with Crippen LogP contribution in [-0.4, -0.2) is 3.92 Å². The molecule has 0 saturated heterocycles. The predicted octanol–water partition coefficient (Wildman–Crippen LogP) is 2.61. The Bertz CT molecular complexity index is 96.7. The normalized spacial score (nSPS) is 11.9. The maximum Gasteiger partial charge on any atom is 0.0216 e. The standard InChI is InChI=1S/C7H11I/c1-3-5-6-7(8)4-2/h7H,4,6H2,1-2H3. The Labute approximate surface area is 65.2 Å². The van der Waals surface area contributed by atoms with E-state index in [0.717, 1.165) is 10.3 Å². The molecule has 0 aromatic carbocycles. The summed E-state index contributed by atoms with van der Waals surface area (Å²) in [5.74, 6) is 5.92. The van der Waals surface area contributed by atoms with E-state index in [1.807, 2.05) is 6.92 Å². The topological polar surface area (TPSA) is 0 Å². The van der Waals surface area contributed by atoms with Crippen molar-refractivity contribution >= 4 is 22.6 Å². The maximum atomic E-state index is 3.04. The summed E-state index contributed by atoms with van der Waals surface area (Å²) in [5, 5.41) is 0. The first-order valence-corrected chi connectivity index (χ1v) is 4.09. The lowest BCUT2D eigenvalue weighted by atomic mass is 10.2. The Morgan fingerprint density at radius 2 is 2.25 bits per heavy atom. The van der Waals surface area contributed by atoms with E-state index in [4.69, 9.17) is 0 Å². The molecule has 0 radical (unpaired) electrons. The molecule has 0 saturated carbocycles. The second kappa shape index (κ2) is 5.43. The summed E-state index contributed by atoms with van der Waals surface area (Å²) in [6, 6.07) is 0. The van der Waals surface area contributed by atoms with Crippen LogP contribution in [0.4, 0.5) is 0 Å². The lowest BCUT2D eigenvalue weighted by molar-refractivity contribution is 0.880. The van der Waals surface area contributed by atoms with Crippen LogP contribution >= 0.6 is 22.6 Å². The van der Waals surface area contributed by atoms with Gasteiger partial charge in [0.2, 0.25) is 0 Å². The van der Waals surface area contributed by atoms with Crippen molar-refractivity contribution in [2.24, 2.45) is 0 Å². The maximum absolute atomic E-state index is 3.04. The summed E-state index contributed by atoms with van der Waals surface area (Å²) in [4.78, 5) is 0. The molecular weight excluding hydrogens is 211 g/mol. The third kappa shape index (κ3) is 4.45. The van der Waals surface area contributed by atoms with Crippen molar-refractivity contribution in [3.05, 3.63) is 0 Å². The zero-order chi connectivity index (χ0) is 6.41. The van der Waals surface area contributed by atoms with Crippen LogP contribution in [0.3, 0.4) is 0 Å². The minimum atomic E-state index is 0.750. The van der Waals surface area contributed by atoms with Crippen LogP contribution in [0.15, 0.2) is 0 Å². The quantitative estimate of drug-likeness (QED) is 0.382. The highest BCUT2D eigenvalue weighted by Crippen LogP contribution is 2.07. The Morgan fingerprint density at radius 3 is 2.62 bits per heavy atom. The van der Waals surface area contributed by atoms with Gasteiger partial charge >= 0.3 is 0 Å². The predicted molar refractivity (Wildman–Crippen MR) is 46.2 cm³/mol. The van der Waals surface area contributed by atoms with Crippen molar-refractivity contribution in [2.75, 3.05) is 0 Å². The average Bonchev–Trinajstić information content (AvgIpc) is 1.83. The van der Waals surface area contributed by atoms with Crippen molar-refractivity contribution < 1.29 is 0 Å².